The highest BCUT2D eigenvalue weighted by molar-refractivity contribution is 7.16. The second-order valence-electron chi connectivity index (χ2n) is 6.86. The Morgan fingerprint density at radius 1 is 1.00 bits per heavy atom. The summed E-state index contributed by atoms with van der Waals surface area (Å²) in [5, 5.41) is 3.02. The number of rotatable bonds is 11. The molecular weight excluding hydrogens is 462 g/mol. The smallest absolute Gasteiger partial charge is 0.341 e. The van der Waals surface area contributed by atoms with Gasteiger partial charge in [-0.2, -0.15) is 0 Å². The number of carbonyl (C=O) groups is 3. The lowest BCUT2D eigenvalue weighted by atomic mass is 10.1. The van der Waals surface area contributed by atoms with Crippen molar-refractivity contribution in [3.8, 4) is 17.2 Å². The van der Waals surface area contributed by atoms with Gasteiger partial charge in [0.2, 0.25) is 5.75 Å². The van der Waals surface area contributed by atoms with E-state index in [1.807, 2.05) is 13.8 Å². The molecule has 0 bridgehead atoms. The van der Waals surface area contributed by atoms with Crippen LogP contribution < -0.4 is 19.5 Å². The van der Waals surface area contributed by atoms with Crippen LogP contribution in [0.3, 0.4) is 0 Å². The Hall–Kier alpha value is -3.53. The third kappa shape index (κ3) is 6.50. The molecule has 1 N–H and O–H groups in total. The monoisotopic (exact) mass is 491 g/mol. The van der Waals surface area contributed by atoms with Crippen molar-refractivity contribution in [3.05, 3.63) is 39.8 Å². The minimum Gasteiger partial charge on any atom is -0.493 e. The molecule has 10 heteroatoms. The number of nitrogens with one attached hydrogen (secondary N) is 1. The predicted molar refractivity (Wildman–Crippen MR) is 129 cm³/mol. The fourth-order valence-corrected chi connectivity index (χ4v) is 4.37. The van der Waals surface area contributed by atoms with Crippen molar-refractivity contribution in [3.63, 3.8) is 0 Å². The second-order valence-corrected chi connectivity index (χ2v) is 8.09. The van der Waals surface area contributed by atoms with E-state index in [1.165, 1.54) is 44.8 Å². The Balaban J connectivity index is 2.05. The number of thiophene rings is 1. The number of anilines is 1. The number of aryl methyl sites for hydroxylation is 1. The lowest BCUT2D eigenvalue weighted by Crippen LogP contribution is -2.21. The average Bonchev–Trinajstić information content (AvgIpc) is 3.14. The highest BCUT2D eigenvalue weighted by Gasteiger charge is 2.23. The maximum atomic E-state index is 12.4. The molecule has 0 aliphatic heterocycles. The average molecular weight is 492 g/mol. The van der Waals surface area contributed by atoms with Crippen LogP contribution in [0.25, 0.3) is 6.08 Å². The number of ether oxygens (including phenoxy) is 5. The maximum Gasteiger partial charge on any atom is 0.341 e. The first-order chi connectivity index (χ1) is 16.3. The number of amides is 1. The quantitative estimate of drug-likeness (QED) is 0.371. The van der Waals surface area contributed by atoms with Gasteiger partial charge in [0.15, 0.2) is 18.1 Å². The molecule has 0 saturated carbocycles. The van der Waals surface area contributed by atoms with Crippen LogP contribution in [0.5, 0.6) is 17.2 Å². The molecule has 0 spiro atoms. The highest BCUT2D eigenvalue weighted by Crippen LogP contribution is 2.38. The van der Waals surface area contributed by atoms with Crippen molar-refractivity contribution < 1.29 is 38.1 Å². The molecule has 0 aliphatic carbocycles. The van der Waals surface area contributed by atoms with Gasteiger partial charge < -0.3 is 29.0 Å². The molecule has 2 rings (SSSR count). The molecule has 0 atom stereocenters. The van der Waals surface area contributed by atoms with Gasteiger partial charge in [-0.15, -0.1) is 11.3 Å². The molecule has 0 saturated heterocycles. The molecule has 0 unspecified atom stereocenters. The number of hydrogen-bond donors (Lipinski definition) is 1. The summed E-state index contributed by atoms with van der Waals surface area (Å²) in [6.45, 7) is 5.21. The first kappa shape index (κ1) is 26.7. The molecule has 184 valence electrons. The van der Waals surface area contributed by atoms with E-state index in [-0.39, 0.29) is 6.61 Å². The summed E-state index contributed by atoms with van der Waals surface area (Å²) in [6.07, 6.45) is 3.30. The number of hydrogen-bond acceptors (Lipinski definition) is 9. The Bertz CT molecular complexity index is 1050. The molecule has 1 amide bonds. The lowest BCUT2D eigenvalue weighted by molar-refractivity contribution is -0.142. The fourth-order valence-electron chi connectivity index (χ4n) is 3.22. The molecule has 0 radical (unpaired) electrons. The highest BCUT2D eigenvalue weighted by atomic mass is 32.1. The van der Waals surface area contributed by atoms with Crippen LogP contribution in [0.15, 0.2) is 18.2 Å². The van der Waals surface area contributed by atoms with Crippen LogP contribution in [0.1, 0.15) is 40.2 Å². The molecule has 1 aromatic heterocycles. The summed E-state index contributed by atoms with van der Waals surface area (Å²) in [7, 11) is 4.47. The first-order valence-electron chi connectivity index (χ1n) is 10.5. The van der Waals surface area contributed by atoms with Crippen LogP contribution in [0.4, 0.5) is 5.00 Å². The third-order valence-corrected chi connectivity index (χ3v) is 5.80. The minimum absolute atomic E-state index is 0.222. The minimum atomic E-state index is -0.717. The molecule has 2 aromatic rings. The van der Waals surface area contributed by atoms with Crippen molar-refractivity contribution in [2.75, 3.05) is 39.9 Å². The standard InChI is InChI=1S/C24H29NO8S/c1-7-16-14(3)34-23(21(16)24(28)32-8-2)25-19(26)13-33-20(27)10-9-15-11-17(29-4)22(31-6)18(12-15)30-5/h9-12H,7-8,13H2,1-6H3,(H,25,26). The van der Waals surface area contributed by atoms with Crippen molar-refractivity contribution in [1.82, 2.24) is 0 Å². The van der Waals surface area contributed by atoms with E-state index >= 15 is 0 Å². The van der Waals surface area contributed by atoms with Crippen LogP contribution in [-0.2, 0) is 25.5 Å². The van der Waals surface area contributed by atoms with E-state index < -0.39 is 24.5 Å². The topological polar surface area (TPSA) is 109 Å². The van der Waals surface area contributed by atoms with E-state index in [0.29, 0.717) is 39.8 Å². The molecule has 1 aromatic carbocycles. The number of esters is 2. The SMILES string of the molecule is CCOC(=O)c1c(NC(=O)COC(=O)C=Cc2cc(OC)c(OC)c(OC)c2)sc(C)c1CC. The predicted octanol–water partition coefficient (Wildman–Crippen LogP) is 4.02. The van der Waals surface area contributed by atoms with Crippen molar-refractivity contribution in [2.45, 2.75) is 27.2 Å². The summed E-state index contributed by atoms with van der Waals surface area (Å²) >= 11 is 1.28. The normalized spacial score (nSPS) is 10.6. The van der Waals surface area contributed by atoms with Gasteiger partial charge in [0.25, 0.3) is 5.91 Å². The Morgan fingerprint density at radius 2 is 1.65 bits per heavy atom. The van der Waals surface area contributed by atoms with Gasteiger partial charge in [0.1, 0.15) is 5.00 Å². The zero-order valence-electron chi connectivity index (χ0n) is 20.1. The number of carbonyl (C=O) groups excluding carboxylic acids is 3. The molecule has 9 nitrogen and oxygen atoms in total. The third-order valence-electron chi connectivity index (χ3n) is 4.74. The van der Waals surface area contributed by atoms with E-state index in [4.69, 9.17) is 23.7 Å². The van der Waals surface area contributed by atoms with Gasteiger partial charge in [0.05, 0.1) is 33.5 Å². The largest absolute Gasteiger partial charge is 0.493 e. The van der Waals surface area contributed by atoms with Crippen molar-refractivity contribution >= 4 is 40.3 Å². The molecule has 34 heavy (non-hydrogen) atoms. The molecule has 1 heterocycles. The van der Waals surface area contributed by atoms with Gasteiger partial charge >= 0.3 is 11.9 Å². The number of benzene rings is 1. The van der Waals surface area contributed by atoms with Gasteiger partial charge in [0, 0.05) is 11.0 Å². The Labute approximate surface area is 202 Å². The second kappa shape index (κ2) is 12.6. The number of methoxy groups -OCH3 is 3. The van der Waals surface area contributed by atoms with Gasteiger partial charge in [-0.25, -0.2) is 9.59 Å². The van der Waals surface area contributed by atoms with Crippen LogP contribution in [-0.4, -0.2) is 52.4 Å². The maximum absolute atomic E-state index is 12.4. The Morgan fingerprint density at radius 3 is 2.18 bits per heavy atom. The van der Waals surface area contributed by atoms with Crippen LogP contribution in [0.2, 0.25) is 0 Å². The van der Waals surface area contributed by atoms with E-state index in [9.17, 15) is 14.4 Å². The van der Waals surface area contributed by atoms with Crippen molar-refractivity contribution in [1.29, 1.82) is 0 Å². The zero-order chi connectivity index (χ0) is 25.3. The fraction of sp³-hybridized carbons (Fsp3) is 0.375. The van der Waals surface area contributed by atoms with Crippen molar-refractivity contribution in [2.24, 2.45) is 0 Å². The van der Waals surface area contributed by atoms with Gasteiger partial charge in [-0.1, -0.05) is 6.92 Å². The zero-order valence-corrected chi connectivity index (χ0v) is 20.9. The molecular formula is C24H29NO8S. The van der Waals surface area contributed by atoms with Crippen LogP contribution in [0, 0.1) is 6.92 Å². The summed E-state index contributed by atoms with van der Waals surface area (Å²) in [5.74, 6) is -0.480. The van der Waals surface area contributed by atoms with Gasteiger partial charge in [-0.05, 0) is 49.6 Å². The summed E-state index contributed by atoms with van der Waals surface area (Å²) in [6, 6.07) is 3.33. The first-order valence-corrected chi connectivity index (χ1v) is 11.3. The molecule has 0 fully saturated rings. The van der Waals surface area contributed by atoms with Gasteiger partial charge in [-0.3, -0.25) is 4.79 Å². The van der Waals surface area contributed by atoms with E-state index in [1.54, 1.807) is 19.1 Å². The van der Waals surface area contributed by atoms with Crippen LogP contribution >= 0.6 is 11.3 Å². The summed E-state index contributed by atoms with van der Waals surface area (Å²) in [5.41, 5.74) is 1.77. The lowest BCUT2D eigenvalue weighted by Gasteiger charge is -2.12. The Kier molecular flexibility index (Phi) is 9.93. The van der Waals surface area contributed by atoms with E-state index in [0.717, 1.165) is 10.4 Å². The van der Waals surface area contributed by atoms with E-state index in [2.05, 4.69) is 5.32 Å². The summed E-state index contributed by atoms with van der Waals surface area (Å²) < 4.78 is 26.0. The summed E-state index contributed by atoms with van der Waals surface area (Å²) in [4.78, 5) is 37.8. The molecule has 0 aliphatic rings.